The van der Waals surface area contributed by atoms with Crippen molar-refractivity contribution in [3.05, 3.63) is 127 Å². The van der Waals surface area contributed by atoms with Crippen molar-refractivity contribution < 1.29 is 4.42 Å². The summed E-state index contributed by atoms with van der Waals surface area (Å²) in [6, 6.07) is 45.2. The molecule has 0 amide bonds. The lowest BCUT2D eigenvalue weighted by molar-refractivity contribution is 0.443. The minimum Gasteiger partial charge on any atom is -0.456 e. The highest BCUT2D eigenvalue weighted by molar-refractivity contribution is 7.00. The lowest BCUT2D eigenvalue weighted by Crippen LogP contribution is -2.60. The fourth-order valence-electron chi connectivity index (χ4n) is 9.26. The number of hydrogen-bond donors (Lipinski definition) is 0. The van der Waals surface area contributed by atoms with Gasteiger partial charge >= 0.3 is 0 Å². The molecular formula is C42H31BN2O. The second-order valence-electron chi connectivity index (χ2n) is 13.5. The molecule has 218 valence electrons. The van der Waals surface area contributed by atoms with E-state index in [-0.39, 0.29) is 6.71 Å². The molecule has 11 rings (SSSR count). The van der Waals surface area contributed by atoms with E-state index in [1.165, 1.54) is 109 Å². The van der Waals surface area contributed by atoms with Crippen LogP contribution in [-0.2, 0) is 0 Å². The number of fused-ring (bicyclic) bond motifs is 11. The van der Waals surface area contributed by atoms with Gasteiger partial charge in [-0.3, -0.25) is 0 Å². The largest absolute Gasteiger partial charge is 0.456 e. The molecule has 3 aliphatic rings. The van der Waals surface area contributed by atoms with E-state index in [4.69, 9.17) is 4.42 Å². The quantitative estimate of drug-likeness (QED) is 0.187. The van der Waals surface area contributed by atoms with Crippen LogP contribution in [0.1, 0.15) is 43.6 Å². The van der Waals surface area contributed by atoms with Crippen LogP contribution >= 0.6 is 0 Å². The van der Waals surface area contributed by atoms with Gasteiger partial charge < -0.3 is 13.9 Å². The van der Waals surface area contributed by atoms with Crippen LogP contribution in [0.15, 0.2) is 126 Å². The molecule has 2 aliphatic heterocycles. The summed E-state index contributed by atoms with van der Waals surface area (Å²) >= 11 is 0. The summed E-state index contributed by atoms with van der Waals surface area (Å²) in [5, 5.41) is 5.01. The van der Waals surface area contributed by atoms with Crippen molar-refractivity contribution in [3.63, 3.8) is 0 Å². The molecule has 1 fully saturated rings. The summed E-state index contributed by atoms with van der Waals surface area (Å²) < 4.78 is 9.04. The second-order valence-corrected chi connectivity index (χ2v) is 13.5. The highest BCUT2D eigenvalue weighted by Gasteiger charge is 2.42. The Balaban J connectivity index is 1.33. The number of anilines is 3. The fourth-order valence-corrected chi connectivity index (χ4v) is 9.26. The van der Waals surface area contributed by atoms with Gasteiger partial charge in [0.05, 0.1) is 5.52 Å². The van der Waals surface area contributed by atoms with Gasteiger partial charge in [-0.15, -0.1) is 0 Å². The average Bonchev–Trinajstić information content (AvgIpc) is 3.67. The summed E-state index contributed by atoms with van der Waals surface area (Å²) in [7, 11) is 0. The number of para-hydroxylation sites is 4. The van der Waals surface area contributed by atoms with E-state index in [2.05, 4.69) is 131 Å². The first kappa shape index (κ1) is 25.0. The van der Waals surface area contributed by atoms with E-state index in [0.29, 0.717) is 5.92 Å². The Labute approximate surface area is 267 Å². The molecule has 0 spiro atoms. The SMILES string of the molecule is c1ccc(N2c3ccccc3B3c4c2cc(C2CCCCC2)cc4-n2c4ccc5oc6ccccc6c5c4c4cccc3c42)cc1. The van der Waals surface area contributed by atoms with Crippen LogP contribution in [0.3, 0.4) is 0 Å². The van der Waals surface area contributed by atoms with E-state index >= 15 is 0 Å². The molecule has 0 unspecified atom stereocenters. The smallest absolute Gasteiger partial charge is 0.252 e. The maximum absolute atomic E-state index is 6.43. The van der Waals surface area contributed by atoms with Gasteiger partial charge in [0.15, 0.2) is 0 Å². The Kier molecular flexibility index (Phi) is 4.99. The summed E-state index contributed by atoms with van der Waals surface area (Å²) in [5.74, 6) is 0.586. The third kappa shape index (κ3) is 3.19. The van der Waals surface area contributed by atoms with Crippen molar-refractivity contribution in [2.45, 2.75) is 38.0 Å². The highest BCUT2D eigenvalue weighted by Crippen LogP contribution is 2.46. The standard InChI is InChI=1S/C42H31BN2O/c1-3-12-26(13-4-1)27-24-35-41-36(25-27)45-34-22-23-38-40(29-16-7-10-21-37(29)46-38)39(34)30-17-11-19-32(42(30)45)43(41)31-18-8-9-20-33(31)44(35)28-14-5-2-6-15-28/h2,5-11,14-26H,1,3-4,12-13H2. The first-order chi connectivity index (χ1) is 22.8. The van der Waals surface area contributed by atoms with Crippen molar-refractivity contribution >= 4 is 83.9 Å². The zero-order valence-electron chi connectivity index (χ0n) is 25.5. The predicted octanol–water partition coefficient (Wildman–Crippen LogP) is 9.34. The molecule has 46 heavy (non-hydrogen) atoms. The molecule has 0 radical (unpaired) electrons. The Morgan fingerprint density at radius 2 is 1.35 bits per heavy atom. The van der Waals surface area contributed by atoms with Crippen LogP contribution in [0.2, 0.25) is 0 Å². The molecule has 0 atom stereocenters. The van der Waals surface area contributed by atoms with Crippen LogP contribution in [0.4, 0.5) is 17.1 Å². The molecule has 3 nitrogen and oxygen atoms in total. The molecule has 2 aromatic heterocycles. The Morgan fingerprint density at radius 1 is 0.587 bits per heavy atom. The van der Waals surface area contributed by atoms with E-state index in [1.807, 2.05) is 0 Å². The van der Waals surface area contributed by atoms with E-state index in [9.17, 15) is 0 Å². The van der Waals surface area contributed by atoms with Crippen LogP contribution < -0.4 is 21.3 Å². The maximum atomic E-state index is 6.43. The first-order valence-electron chi connectivity index (χ1n) is 16.8. The van der Waals surface area contributed by atoms with Gasteiger partial charge in [0.25, 0.3) is 6.71 Å². The van der Waals surface area contributed by atoms with E-state index in [0.717, 1.165) is 11.2 Å². The van der Waals surface area contributed by atoms with E-state index < -0.39 is 0 Å². The van der Waals surface area contributed by atoms with E-state index in [1.54, 1.807) is 0 Å². The zero-order chi connectivity index (χ0) is 29.9. The third-order valence-electron chi connectivity index (χ3n) is 11.1. The molecule has 8 aromatic rings. The maximum Gasteiger partial charge on any atom is 0.252 e. The van der Waals surface area contributed by atoms with Crippen LogP contribution in [-0.4, -0.2) is 11.3 Å². The van der Waals surface area contributed by atoms with Crippen molar-refractivity contribution in [3.8, 4) is 5.69 Å². The van der Waals surface area contributed by atoms with Gasteiger partial charge in [0.1, 0.15) is 11.2 Å². The highest BCUT2D eigenvalue weighted by atomic mass is 16.3. The molecule has 4 heterocycles. The third-order valence-corrected chi connectivity index (χ3v) is 11.1. The van der Waals surface area contributed by atoms with Crippen LogP contribution in [0, 0.1) is 0 Å². The molecule has 6 aromatic carbocycles. The predicted molar refractivity (Wildman–Crippen MR) is 193 cm³/mol. The fraction of sp³-hybridized carbons (Fsp3) is 0.143. The van der Waals surface area contributed by atoms with Gasteiger partial charge in [-0.25, -0.2) is 0 Å². The van der Waals surface area contributed by atoms with Gasteiger partial charge in [-0.05, 0) is 89.2 Å². The summed E-state index contributed by atoms with van der Waals surface area (Å²) in [6.07, 6.45) is 6.52. The Morgan fingerprint density at radius 3 is 2.26 bits per heavy atom. The normalized spacial score (nSPS) is 15.7. The minimum atomic E-state index is 0.152. The monoisotopic (exact) mass is 590 g/mol. The van der Waals surface area contributed by atoms with Crippen LogP contribution in [0.5, 0.6) is 0 Å². The first-order valence-corrected chi connectivity index (χ1v) is 16.8. The topological polar surface area (TPSA) is 21.3 Å². The number of benzene rings is 6. The molecule has 0 bridgehead atoms. The van der Waals surface area contributed by atoms with Crippen molar-refractivity contribution in [2.24, 2.45) is 0 Å². The molecule has 1 aliphatic carbocycles. The Bertz CT molecular complexity index is 2540. The number of aromatic nitrogens is 1. The lowest BCUT2D eigenvalue weighted by atomic mass is 9.33. The van der Waals surface area contributed by atoms with Gasteiger partial charge in [-0.1, -0.05) is 92.1 Å². The minimum absolute atomic E-state index is 0.152. The second kappa shape index (κ2) is 9.17. The summed E-state index contributed by atoms with van der Waals surface area (Å²) in [6.45, 7) is 0.152. The Hall–Kier alpha value is -5.22. The number of rotatable bonds is 2. The summed E-state index contributed by atoms with van der Waals surface area (Å²) in [4.78, 5) is 2.54. The van der Waals surface area contributed by atoms with Crippen LogP contribution in [0.25, 0.3) is 49.4 Å². The van der Waals surface area contributed by atoms with Crippen molar-refractivity contribution in [1.29, 1.82) is 0 Å². The number of furan rings is 1. The number of hydrogen-bond acceptors (Lipinski definition) is 2. The molecule has 1 saturated carbocycles. The van der Waals surface area contributed by atoms with Gasteiger partial charge in [-0.2, -0.15) is 0 Å². The van der Waals surface area contributed by atoms with Crippen molar-refractivity contribution in [2.75, 3.05) is 4.90 Å². The van der Waals surface area contributed by atoms with Crippen molar-refractivity contribution in [1.82, 2.24) is 4.57 Å². The number of nitrogens with zero attached hydrogens (tertiary/aromatic N) is 2. The van der Waals surface area contributed by atoms with Gasteiger partial charge in [0, 0.05) is 49.8 Å². The molecule has 0 N–H and O–H groups in total. The lowest BCUT2D eigenvalue weighted by Gasteiger charge is -2.41. The zero-order valence-corrected chi connectivity index (χ0v) is 25.5. The summed E-state index contributed by atoms with van der Waals surface area (Å²) in [5.41, 5.74) is 15.3. The molecule has 4 heteroatoms. The molecular weight excluding hydrogens is 559 g/mol. The van der Waals surface area contributed by atoms with Gasteiger partial charge in [0.2, 0.25) is 0 Å². The average molecular weight is 591 g/mol. The molecule has 0 saturated heterocycles.